The minimum Gasteiger partial charge on any atom is -0.490 e. The van der Waals surface area contributed by atoms with E-state index in [0.717, 1.165) is 14.7 Å². The van der Waals surface area contributed by atoms with E-state index in [9.17, 15) is 9.59 Å². The third-order valence-corrected chi connectivity index (χ3v) is 6.02. The van der Waals surface area contributed by atoms with Crippen LogP contribution in [0.15, 0.2) is 45.5 Å². The number of hydrogen-bond donors (Lipinski definition) is 0. The van der Waals surface area contributed by atoms with E-state index in [1.54, 1.807) is 18.2 Å². The van der Waals surface area contributed by atoms with Crippen LogP contribution in [0.5, 0.6) is 11.5 Å². The quantitative estimate of drug-likeness (QED) is 0.262. The van der Waals surface area contributed by atoms with E-state index in [1.807, 2.05) is 32.0 Å². The van der Waals surface area contributed by atoms with E-state index in [1.165, 1.54) is 7.11 Å². The lowest BCUT2D eigenvalue weighted by Gasteiger charge is -2.14. The molecule has 0 N–H and O–H groups in total. The number of nitrogens with zero attached hydrogens (tertiary/aromatic N) is 1. The van der Waals surface area contributed by atoms with Gasteiger partial charge in [0.15, 0.2) is 23.8 Å². The Balaban J connectivity index is 1.92. The molecule has 3 rings (SSSR count). The Bertz CT molecular complexity index is 1100. The second-order valence-corrected chi connectivity index (χ2v) is 8.44. The van der Waals surface area contributed by atoms with Gasteiger partial charge in [-0.3, -0.25) is 0 Å². The standard InChI is InChI=1S/C22H19BrINO6/c1-4-29-18-10-13(8-15(23)20(18)30-11-19(26)28-3)9-17-22(27)31-21(25-17)14-5-6-16(24)12(2)7-14/h5-10H,4,11H2,1-3H3/b17-9-. The van der Waals surface area contributed by atoms with Gasteiger partial charge in [-0.2, -0.15) is 0 Å². The number of cyclic esters (lactones) is 1. The van der Waals surface area contributed by atoms with Gasteiger partial charge in [-0.15, -0.1) is 0 Å². The van der Waals surface area contributed by atoms with Crippen LogP contribution in [0.25, 0.3) is 6.08 Å². The van der Waals surface area contributed by atoms with Crippen molar-refractivity contribution in [2.24, 2.45) is 4.99 Å². The van der Waals surface area contributed by atoms with Crippen molar-refractivity contribution < 1.29 is 28.5 Å². The van der Waals surface area contributed by atoms with Gasteiger partial charge in [0.05, 0.1) is 18.2 Å². The Morgan fingerprint density at radius 1 is 1.26 bits per heavy atom. The van der Waals surface area contributed by atoms with Gasteiger partial charge in [-0.25, -0.2) is 14.6 Å². The van der Waals surface area contributed by atoms with E-state index in [-0.39, 0.29) is 18.2 Å². The molecule has 0 spiro atoms. The first-order valence-corrected chi connectivity index (χ1v) is 11.1. The Morgan fingerprint density at radius 3 is 2.71 bits per heavy atom. The third kappa shape index (κ3) is 5.65. The first kappa shape index (κ1) is 23.3. The summed E-state index contributed by atoms with van der Waals surface area (Å²) in [5.41, 5.74) is 2.62. The van der Waals surface area contributed by atoms with Gasteiger partial charge >= 0.3 is 11.9 Å². The number of aliphatic imine (C=N–C) groups is 1. The van der Waals surface area contributed by atoms with Crippen LogP contribution in [0.2, 0.25) is 0 Å². The van der Waals surface area contributed by atoms with E-state index in [2.05, 4.69) is 48.3 Å². The average molecular weight is 600 g/mol. The molecule has 7 nitrogen and oxygen atoms in total. The minimum absolute atomic E-state index is 0.170. The van der Waals surface area contributed by atoms with E-state index >= 15 is 0 Å². The maximum absolute atomic E-state index is 12.4. The first-order chi connectivity index (χ1) is 14.8. The van der Waals surface area contributed by atoms with Crippen molar-refractivity contribution in [3.05, 3.63) is 60.8 Å². The van der Waals surface area contributed by atoms with Gasteiger partial charge in [0.2, 0.25) is 5.90 Å². The number of aryl methyl sites for hydroxylation is 1. The van der Waals surface area contributed by atoms with Crippen LogP contribution >= 0.6 is 38.5 Å². The lowest BCUT2D eigenvalue weighted by molar-refractivity contribution is -0.143. The molecule has 0 saturated heterocycles. The van der Waals surface area contributed by atoms with Gasteiger partial charge in [0.1, 0.15) is 0 Å². The fourth-order valence-electron chi connectivity index (χ4n) is 2.73. The van der Waals surface area contributed by atoms with Crippen molar-refractivity contribution in [1.82, 2.24) is 0 Å². The molecule has 0 fully saturated rings. The molecule has 2 aromatic carbocycles. The van der Waals surface area contributed by atoms with E-state index < -0.39 is 11.9 Å². The lowest BCUT2D eigenvalue weighted by atomic mass is 10.1. The largest absolute Gasteiger partial charge is 0.490 e. The molecule has 1 heterocycles. The number of methoxy groups -OCH3 is 1. The van der Waals surface area contributed by atoms with Crippen LogP contribution < -0.4 is 9.47 Å². The molecular weight excluding hydrogens is 581 g/mol. The third-order valence-electron chi connectivity index (χ3n) is 4.22. The average Bonchev–Trinajstić information content (AvgIpc) is 3.09. The zero-order valence-electron chi connectivity index (χ0n) is 17.0. The van der Waals surface area contributed by atoms with E-state index in [0.29, 0.717) is 28.1 Å². The normalized spacial score (nSPS) is 14.3. The molecule has 0 atom stereocenters. The number of hydrogen-bond acceptors (Lipinski definition) is 7. The zero-order chi connectivity index (χ0) is 22.5. The Hall–Kier alpha value is -2.40. The summed E-state index contributed by atoms with van der Waals surface area (Å²) in [6.07, 6.45) is 1.60. The predicted molar refractivity (Wildman–Crippen MR) is 127 cm³/mol. The van der Waals surface area contributed by atoms with Crippen molar-refractivity contribution in [2.75, 3.05) is 20.3 Å². The van der Waals surface area contributed by atoms with Crippen molar-refractivity contribution >= 4 is 62.4 Å². The molecule has 2 aromatic rings. The SMILES string of the molecule is CCOc1cc(/C=C2\N=C(c3ccc(I)c(C)c3)OC2=O)cc(Br)c1OCC(=O)OC. The first-order valence-electron chi connectivity index (χ1n) is 9.27. The van der Waals surface area contributed by atoms with Gasteiger partial charge in [0, 0.05) is 9.13 Å². The van der Waals surface area contributed by atoms with Crippen molar-refractivity contribution in [2.45, 2.75) is 13.8 Å². The van der Waals surface area contributed by atoms with Crippen LogP contribution in [-0.2, 0) is 19.1 Å². The summed E-state index contributed by atoms with van der Waals surface area (Å²) in [6.45, 7) is 3.94. The number of esters is 2. The smallest absolute Gasteiger partial charge is 0.363 e. The molecule has 0 saturated carbocycles. The molecule has 0 unspecified atom stereocenters. The van der Waals surface area contributed by atoms with Crippen molar-refractivity contribution in [3.8, 4) is 11.5 Å². The predicted octanol–water partition coefficient (Wildman–Crippen LogP) is 4.66. The number of carbonyl (C=O) groups excluding carboxylic acids is 2. The number of halogens is 2. The second-order valence-electron chi connectivity index (χ2n) is 6.43. The summed E-state index contributed by atoms with van der Waals surface area (Å²) in [4.78, 5) is 28.1. The number of benzene rings is 2. The number of ether oxygens (including phenoxy) is 4. The minimum atomic E-state index is -0.536. The molecule has 0 aromatic heterocycles. The summed E-state index contributed by atoms with van der Waals surface area (Å²) in [5.74, 6) is -0.00969. The van der Waals surface area contributed by atoms with Gasteiger partial charge in [-0.1, -0.05) is 0 Å². The Morgan fingerprint density at radius 2 is 2.03 bits per heavy atom. The fraction of sp³-hybridized carbons (Fsp3) is 0.227. The van der Waals surface area contributed by atoms with Crippen molar-refractivity contribution in [1.29, 1.82) is 0 Å². The van der Waals surface area contributed by atoms with Crippen LogP contribution in [0.1, 0.15) is 23.6 Å². The molecule has 9 heteroatoms. The summed E-state index contributed by atoms with van der Waals surface area (Å²) in [7, 11) is 1.28. The molecule has 0 amide bonds. The topological polar surface area (TPSA) is 83.4 Å². The maximum Gasteiger partial charge on any atom is 0.363 e. The summed E-state index contributed by atoms with van der Waals surface area (Å²) in [5, 5.41) is 0. The maximum atomic E-state index is 12.4. The van der Waals surface area contributed by atoms with Crippen LogP contribution in [0, 0.1) is 10.5 Å². The lowest BCUT2D eigenvalue weighted by Crippen LogP contribution is -2.13. The molecule has 1 aliphatic rings. The van der Waals surface area contributed by atoms with Gasteiger partial charge < -0.3 is 18.9 Å². The van der Waals surface area contributed by atoms with Gasteiger partial charge in [-0.05, 0) is 99.9 Å². The monoisotopic (exact) mass is 599 g/mol. The molecule has 0 radical (unpaired) electrons. The highest BCUT2D eigenvalue weighted by molar-refractivity contribution is 14.1. The van der Waals surface area contributed by atoms with Crippen molar-refractivity contribution in [3.63, 3.8) is 0 Å². The number of carbonyl (C=O) groups is 2. The van der Waals surface area contributed by atoms with Crippen LogP contribution in [0.3, 0.4) is 0 Å². The number of rotatable bonds is 7. The summed E-state index contributed by atoms with van der Waals surface area (Å²) in [6, 6.07) is 9.17. The molecule has 31 heavy (non-hydrogen) atoms. The molecular formula is C22H19BrINO6. The molecule has 1 aliphatic heterocycles. The Labute approximate surface area is 201 Å². The highest BCUT2D eigenvalue weighted by Gasteiger charge is 2.25. The fourth-order valence-corrected chi connectivity index (χ4v) is 3.64. The van der Waals surface area contributed by atoms with Crippen LogP contribution in [-0.4, -0.2) is 38.2 Å². The molecule has 0 bridgehead atoms. The second kappa shape index (κ2) is 10.3. The molecule has 162 valence electrons. The van der Waals surface area contributed by atoms with Crippen LogP contribution in [0.4, 0.5) is 0 Å². The highest BCUT2D eigenvalue weighted by atomic mass is 127. The van der Waals surface area contributed by atoms with E-state index in [4.69, 9.17) is 14.2 Å². The Kier molecular flexibility index (Phi) is 7.71. The molecule has 0 aliphatic carbocycles. The summed E-state index contributed by atoms with van der Waals surface area (Å²) < 4.78 is 22.8. The highest BCUT2D eigenvalue weighted by Crippen LogP contribution is 2.38. The summed E-state index contributed by atoms with van der Waals surface area (Å²) >= 11 is 5.67. The zero-order valence-corrected chi connectivity index (χ0v) is 20.8. The van der Waals surface area contributed by atoms with Gasteiger partial charge in [0.25, 0.3) is 0 Å².